The second kappa shape index (κ2) is 8.97. The number of hydrogen-bond donors (Lipinski definition) is 1. The molecule has 3 aromatic rings. The number of fused-ring (bicyclic) bond motifs is 1. The van der Waals surface area contributed by atoms with Crippen LogP contribution in [-0.4, -0.2) is 78.9 Å². The van der Waals surface area contributed by atoms with E-state index in [0.717, 1.165) is 37.6 Å². The van der Waals surface area contributed by atoms with Crippen molar-refractivity contribution in [3.63, 3.8) is 0 Å². The van der Waals surface area contributed by atoms with E-state index in [0.29, 0.717) is 41.9 Å². The number of benzene rings is 1. The predicted molar refractivity (Wildman–Crippen MR) is 132 cm³/mol. The molecule has 180 valence electrons. The molecule has 2 fully saturated rings. The maximum absolute atomic E-state index is 12.9. The van der Waals surface area contributed by atoms with Gasteiger partial charge in [-0.3, -0.25) is 4.79 Å². The Morgan fingerprint density at radius 3 is 2.53 bits per heavy atom. The lowest BCUT2D eigenvalue weighted by Crippen LogP contribution is -2.36. The van der Waals surface area contributed by atoms with Gasteiger partial charge < -0.3 is 19.5 Å². The lowest BCUT2D eigenvalue weighted by Gasteiger charge is -2.28. The number of rotatable bonds is 5. The molecular formula is C23H28N6O4S. The molecule has 4 heterocycles. The van der Waals surface area contributed by atoms with Crippen LogP contribution in [0, 0.1) is 0 Å². The second-order valence-electron chi connectivity index (χ2n) is 8.81. The minimum Gasteiger partial charge on any atom is -0.378 e. The van der Waals surface area contributed by atoms with Crippen LogP contribution < -0.4 is 15.8 Å². The molecule has 5 rings (SSSR count). The van der Waals surface area contributed by atoms with Crippen LogP contribution in [0.3, 0.4) is 0 Å². The molecule has 2 aromatic heterocycles. The van der Waals surface area contributed by atoms with Crippen LogP contribution >= 0.6 is 0 Å². The first-order valence-corrected chi connectivity index (χ1v) is 13.2. The summed E-state index contributed by atoms with van der Waals surface area (Å²) in [5.74, 6) is 0.429. The Bertz CT molecular complexity index is 1370. The third kappa shape index (κ3) is 4.50. The molecule has 2 aliphatic heterocycles. The number of ether oxygens (including phenoxy) is 1. The van der Waals surface area contributed by atoms with Crippen molar-refractivity contribution in [3.8, 4) is 11.3 Å². The van der Waals surface area contributed by atoms with Crippen molar-refractivity contribution in [2.45, 2.75) is 12.5 Å². The number of sulfonamides is 1. The Kier molecular flexibility index (Phi) is 6.00. The first kappa shape index (κ1) is 22.8. The van der Waals surface area contributed by atoms with Gasteiger partial charge in [-0.1, -0.05) is 12.1 Å². The maximum atomic E-state index is 12.9. The normalized spacial score (nSPS) is 19.6. The van der Waals surface area contributed by atoms with Gasteiger partial charge in [0.05, 0.1) is 37.0 Å². The van der Waals surface area contributed by atoms with Gasteiger partial charge in [0.1, 0.15) is 11.2 Å². The molecule has 0 saturated carbocycles. The van der Waals surface area contributed by atoms with E-state index >= 15 is 0 Å². The van der Waals surface area contributed by atoms with E-state index in [1.54, 1.807) is 7.05 Å². The maximum Gasteiger partial charge on any atom is 0.264 e. The summed E-state index contributed by atoms with van der Waals surface area (Å²) in [7, 11) is -1.62. The van der Waals surface area contributed by atoms with E-state index in [2.05, 4.69) is 27.3 Å². The van der Waals surface area contributed by atoms with Gasteiger partial charge in [0, 0.05) is 50.5 Å². The molecule has 1 atom stereocenters. The van der Waals surface area contributed by atoms with Crippen LogP contribution in [0.25, 0.3) is 22.2 Å². The number of nitrogens with zero attached hydrogens (tertiary/aromatic N) is 5. The standard InChI is InChI=1S/C23H28N6O4S/c1-27-15-24-20-13-19(16-3-5-18(6-4-16)28-9-11-33-12-10-28)26-22(21(20)23(27)30)25-17-7-8-29(14-17)34(2,31)32/h3-6,13,15,17H,7-12,14H2,1-2H3,(H,25,26). The molecule has 2 aliphatic rings. The summed E-state index contributed by atoms with van der Waals surface area (Å²) in [5.41, 5.74) is 3.08. The fourth-order valence-corrected chi connectivity index (χ4v) is 5.37. The van der Waals surface area contributed by atoms with E-state index in [-0.39, 0.29) is 11.6 Å². The Hall–Kier alpha value is -3.02. The molecule has 1 N–H and O–H groups in total. The lowest BCUT2D eigenvalue weighted by molar-refractivity contribution is 0.122. The van der Waals surface area contributed by atoms with Crippen molar-refractivity contribution < 1.29 is 13.2 Å². The van der Waals surface area contributed by atoms with Crippen LogP contribution in [0.15, 0.2) is 41.5 Å². The van der Waals surface area contributed by atoms with Gasteiger partial charge in [0.15, 0.2) is 0 Å². The molecule has 2 saturated heterocycles. The molecular weight excluding hydrogens is 456 g/mol. The van der Waals surface area contributed by atoms with Crippen LogP contribution in [0.5, 0.6) is 0 Å². The van der Waals surface area contributed by atoms with E-state index in [1.807, 2.05) is 18.2 Å². The Labute approximate surface area is 198 Å². The number of nitrogens with one attached hydrogen (secondary N) is 1. The number of pyridine rings is 1. The van der Waals surface area contributed by atoms with Crippen LogP contribution in [0.2, 0.25) is 0 Å². The van der Waals surface area contributed by atoms with Gasteiger partial charge in [-0.25, -0.2) is 22.7 Å². The number of aromatic nitrogens is 3. The molecule has 10 nitrogen and oxygen atoms in total. The van der Waals surface area contributed by atoms with Crippen LogP contribution in [0.1, 0.15) is 6.42 Å². The zero-order chi connectivity index (χ0) is 23.9. The van der Waals surface area contributed by atoms with Gasteiger partial charge in [-0.05, 0) is 24.6 Å². The average molecular weight is 485 g/mol. The monoisotopic (exact) mass is 484 g/mol. The Morgan fingerprint density at radius 2 is 1.85 bits per heavy atom. The summed E-state index contributed by atoms with van der Waals surface area (Å²) in [6, 6.07) is 9.85. The molecule has 11 heteroatoms. The second-order valence-corrected chi connectivity index (χ2v) is 10.8. The third-order valence-corrected chi connectivity index (χ3v) is 7.67. The van der Waals surface area contributed by atoms with Gasteiger partial charge in [-0.2, -0.15) is 0 Å². The van der Waals surface area contributed by atoms with E-state index in [9.17, 15) is 13.2 Å². The van der Waals surface area contributed by atoms with Crippen molar-refractivity contribution >= 4 is 32.4 Å². The molecule has 0 amide bonds. The van der Waals surface area contributed by atoms with Crippen LogP contribution in [-0.2, 0) is 21.8 Å². The highest BCUT2D eigenvalue weighted by molar-refractivity contribution is 7.88. The lowest BCUT2D eigenvalue weighted by atomic mass is 10.1. The first-order valence-electron chi connectivity index (χ1n) is 11.3. The molecule has 0 spiro atoms. The topological polar surface area (TPSA) is 110 Å². The first-order chi connectivity index (χ1) is 16.3. The molecule has 0 aliphatic carbocycles. The molecule has 1 unspecified atom stereocenters. The van der Waals surface area contributed by atoms with Crippen molar-refractivity contribution in [3.05, 3.63) is 47.0 Å². The number of aryl methyl sites for hydroxylation is 1. The smallest absolute Gasteiger partial charge is 0.264 e. The minimum atomic E-state index is -3.27. The summed E-state index contributed by atoms with van der Waals surface area (Å²) in [6.45, 7) is 3.94. The minimum absolute atomic E-state index is 0.144. The van der Waals surface area contributed by atoms with Gasteiger partial charge in [-0.15, -0.1) is 0 Å². The number of morpholine rings is 1. The van der Waals surface area contributed by atoms with Crippen molar-refractivity contribution in [1.82, 2.24) is 18.8 Å². The molecule has 1 aromatic carbocycles. The largest absolute Gasteiger partial charge is 0.378 e. The van der Waals surface area contributed by atoms with E-state index < -0.39 is 10.0 Å². The zero-order valence-corrected chi connectivity index (χ0v) is 20.1. The Morgan fingerprint density at radius 1 is 1.12 bits per heavy atom. The van der Waals surface area contributed by atoms with E-state index in [4.69, 9.17) is 9.72 Å². The summed E-state index contributed by atoms with van der Waals surface area (Å²) >= 11 is 0. The fourth-order valence-electron chi connectivity index (χ4n) is 4.48. The highest BCUT2D eigenvalue weighted by Crippen LogP contribution is 2.28. The zero-order valence-electron chi connectivity index (χ0n) is 19.3. The summed E-state index contributed by atoms with van der Waals surface area (Å²) in [5, 5.41) is 3.73. The molecule has 0 radical (unpaired) electrons. The molecule has 34 heavy (non-hydrogen) atoms. The van der Waals surface area contributed by atoms with Crippen molar-refractivity contribution in [1.29, 1.82) is 0 Å². The summed E-state index contributed by atoms with van der Waals surface area (Å²) in [4.78, 5) is 24.5. The summed E-state index contributed by atoms with van der Waals surface area (Å²) in [6.07, 6.45) is 3.35. The SMILES string of the molecule is Cn1cnc2cc(-c3ccc(N4CCOCC4)cc3)nc(NC3CCN(S(C)(=O)=O)C3)c2c1=O. The van der Waals surface area contributed by atoms with Gasteiger partial charge in [0.2, 0.25) is 10.0 Å². The number of anilines is 2. The fraction of sp³-hybridized carbons (Fsp3) is 0.435. The highest BCUT2D eigenvalue weighted by Gasteiger charge is 2.29. The number of hydrogen-bond acceptors (Lipinski definition) is 8. The van der Waals surface area contributed by atoms with Crippen LogP contribution in [0.4, 0.5) is 11.5 Å². The quantitative estimate of drug-likeness (QED) is 0.577. The predicted octanol–water partition coefficient (Wildman–Crippen LogP) is 1.28. The van der Waals surface area contributed by atoms with Crippen molar-refractivity contribution in [2.75, 3.05) is 55.9 Å². The molecule has 0 bridgehead atoms. The Balaban J connectivity index is 1.50. The summed E-state index contributed by atoms with van der Waals surface area (Å²) < 4.78 is 32.2. The highest BCUT2D eigenvalue weighted by atomic mass is 32.2. The van der Waals surface area contributed by atoms with Crippen molar-refractivity contribution in [2.24, 2.45) is 7.05 Å². The average Bonchev–Trinajstić information content (AvgIpc) is 3.31. The van der Waals surface area contributed by atoms with Gasteiger partial charge >= 0.3 is 0 Å². The van der Waals surface area contributed by atoms with Gasteiger partial charge in [0.25, 0.3) is 5.56 Å². The van der Waals surface area contributed by atoms with E-state index in [1.165, 1.54) is 21.5 Å². The third-order valence-electron chi connectivity index (χ3n) is 6.40.